The van der Waals surface area contributed by atoms with Crippen molar-refractivity contribution >= 4 is 0 Å². The highest BCUT2D eigenvalue weighted by Gasteiger charge is 2.44. The predicted octanol–water partition coefficient (Wildman–Crippen LogP) is 0.0591. The number of allylic oxidation sites excluding steroid dienone is 2. The minimum absolute atomic E-state index is 0.554. The fraction of sp³-hybridized carbons (Fsp3) is 0.429. The standard InChI is InChI=1S/C7H10N2O3/c1-12-6-4-2-3-5-7(6,8)9(10)11/h2-6H,8H2,1H3. The Morgan fingerprint density at radius 1 is 1.67 bits per heavy atom. The summed E-state index contributed by atoms with van der Waals surface area (Å²) >= 11 is 0. The summed E-state index contributed by atoms with van der Waals surface area (Å²) in [6.45, 7) is 0. The highest BCUT2D eigenvalue weighted by atomic mass is 16.6. The van der Waals surface area contributed by atoms with E-state index in [1.807, 2.05) is 0 Å². The van der Waals surface area contributed by atoms with E-state index in [1.54, 1.807) is 18.2 Å². The zero-order valence-corrected chi connectivity index (χ0v) is 6.64. The minimum Gasteiger partial charge on any atom is -0.368 e. The van der Waals surface area contributed by atoms with Crippen LogP contribution in [0.25, 0.3) is 0 Å². The molecule has 2 atom stereocenters. The van der Waals surface area contributed by atoms with Gasteiger partial charge in [-0.15, -0.1) is 0 Å². The van der Waals surface area contributed by atoms with Crippen LogP contribution in [0.4, 0.5) is 0 Å². The Morgan fingerprint density at radius 2 is 2.33 bits per heavy atom. The molecule has 0 saturated heterocycles. The highest BCUT2D eigenvalue weighted by molar-refractivity contribution is 5.21. The van der Waals surface area contributed by atoms with E-state index in [-0.39, 0.29) is 0 Å². The van der Waals surface area contributed by atoms with Crippen LogP contribution < -0.4 is 5.73 Å². The Labute approximate surface area is 69.7 Å². The molecule has 2 unspecified atom stereocenters. The molecule has 1 rings (SSSR count). The van der Waals surface area contributed by atoms with E-state index < -0.39 is 16.7 Å². The van der Waals surface area contributed by atoms with Crippen molar-refractivity contribution < 1.29 is 9.66 Å². The summed E-state index contributed by atoms with van der Waals surface area (Å²) in [4.78, 5) is 10.0. The second-order valence-corrected chi connectivity index (χ2v) is 2.54. The second-order valence-electron chi connectivity index (χ2n) is 2.54. The van der Waals surface area contributed by atoms with Gasteiger partial charge in [-0.25, -0.2) is 0 Å². The largest absolute Gasteiger partial charge is 0.368 e. The number of hydrogen-bond acceptors (Lipinski definition) is 4. The first-order chi connectivity index (χ1) is 5.61. The van der Waals surface area contributed by atoms with E-state index in [4.69, 9.17) is 10.5 Å². The van der Waals surface area contributed by atoms with Gasteiger partial charge in [0.05, 0.1) is 0 Å². The number of methoxy groups -OCH3 is 1. The van der Waals surface area contributed by atoms with Crippen molar-refractivity contribution in [3.05, 3.63) is 34.4 Å². The van der Waals surface area contributed by atoms with Crippen LogP contribution in [0.1, 0.15) is 0 Å². The van der Waals surface area contributed by atoms with Gasteiger partial charge in [-0.2, -0.15) is 0 Å². The number of rotatable bonds is 2. The first-order valence-electron chi connectivity index (χ1n) is 3.43. The summed E-state index contributed by atoms with van der Waals surface area (Å²) in [5.41, 5.74) is 3.87. The molecule has 0 bridgehead atoms. The van der Waals surface area contributed by atoms with Gasteiger partial charge in [0.25, 0.3) is 0 Å². The van der Waals surface area contributed by atoms with Gasteiger partial charge in [-0.3, -0.25) is 15.8 Å². The number of ether oxygens (including phenoxy) is 1. The quantitative estimate of drug-likeness (QED) is 0.361. The Kier molecular flexibility index (Phi) is 2.25. The average Bonchev–Trinajstić information content (AvgIpc) is 2.05. The summed E-state index contributed by atoms with van der Waals surface area (Å²) in [7, 11) is 1.39. The summed E-state index contributed by atoms with van der Waals surface area (Å²) in [5, 5.41) is 10.6. The van der Waals surface area contributed by atoms with Crippen LogP contribution >= 0.6 is 0 Å². The van der Waals surface area contributed by atoms with E-state index >= 15 is 0 Å². The molecule has 0 heterocycles. The molecule has 0 aromatic heterocycles. The molecule has 0 saturated carbocycles. The van der Waals surface area contributed by atoms with Crippen molar-refractivity contribution in [3.8, 4) is 0 Å². The minimum atomic E-state index is -1.62. The average molecular weight is 170 g/mol. The van der Waals surface area contributed by atoms with Gasteiger partial charge in [0, 0.05) is 18.1 Å². The van der Waals surface area contributed by atoms with Crippen molar-refractivity contribution in [3.63, 3.8) is 0 Å². The third kappa shape index (κ3) is 1.24. The summed E-state index contributed by atoms with van der Waals surface area (Å²) in [6.07, 6.45) is 5.39. The fourth-order valence-electron chi connectivity index (χ4n) is 1.06. The lowest BCUT2D eigenvalue weighted by Crippen LogP contribution is -2.56. The molecule has 66 valence electrons. The molecule has 5 nitrogen and oxygen atoms in total. The van der Waals surface area contributed by atoms with E-state index in [0.29, 0.717) is 0 Å². The van der Waals surface area contributed by atoms with Gasteiger partial charge in [0.2, 0.25) is 0 Å². The zero-order chi connectivity index (χ0) is 9.19. The first kappa shape index (κ1) is 8.89. The Hall–Kier alpha value is -1.20. The zero-order valence-electron chi connectivity index (χ0n) is 6.64. The van der Waals surface area contributed by atoms with Crippen molar-refractivity contribution in [1.29, 1.82) is 0 Å². The monoisotopic (exact) mass is 170 g/mol. The normalized spacial score (nSPS) is 33.7. The van der Waals surface area contributed by atoms with Crippen LogP contribution in [0, 0.1) is 10.1 Å². The lowest BCUT2D eigenvalue weighted by Gasteiger charge is -2.24. The number of nitrogens with zero attached hydrogens (tertiary/aromatic N) is 1. The molecule has 0 aromatic rings. The number of hydrogen-bond donors (Lipinski definition) is 1. The molecule has 0 aliphatic heterocycles. The summed E-state index contributed by atoms with van der Waals surface area (Å²) < 4.78 is 4.86. The predicted molar refractivity (Wildman–Crippen MR) is 43.0 cm³/mol. The van der Waals surface area contributed by atoms with Crippen molar-refractivity contribution in [2.24, 2.45) is 5.73 Å². The molecule has 2 N–H and O–H groups in total. The van der Waals surface area contributed by atoms with Crippen LogP contribution in [0.15, 0.2) is 24.3 Å². The van der Waals surface area contributed by atoms with Crippen molar-refractivity contribution in [1.82, 2.24) is 0 Å². The molecule has 5 heteroatoms. The van der Waals surface area contributed by atoms with Crippen LogP contribution in [0.2, 0.25) is 0 Å². The maximum absolute atomic E-state index is 10.6. The smallest absolute Gasteiger partial charge is 0.321 e. The van der Waals surface area contributed by atoms with Crippen molar-refractivity contribution in [2.75, 3.05) is 7.11 Å². The molecule has 12 heavy (non-hydrogen) atoms. The molecule has 0 aromatic carbocycles. The van der Waals surface area contributed by atoms with Gasteiger partial charge >= 0.3 is 5.66 Å². The molecule has 0 spiro atoms. The Bertz CT molecular complexity index is 249. The lowest BCUT2D eigenvalue weighted by molar-refractivity contribution is -0.564. The van der Waals surface area contributed by atoms with Gasteiger partial charge in [-0.05, 0) is 6.08 Å². The Morgan fingerprint density at radius 3 is 2.75 bits per heavy atom. The number of nitrogens with two attached hydrogens (primary N) is 1. The van der Waals surface area contributed by atoms with Crippen LogP contribution in [-0.2, 0) is 4.74 Å². The Balaban J connectivity index is 2.94. The van der Waals surface area contributed by atoms with Crippen LogP contribution in [0.5, 0.6) is 0 Å². The number of nitro groups is 1. The third-order valence-electron chi connectivity index (χ3n) is 1.79. The molecule has 0 radical (unpaired) electrons. The molecular formula is C7H10N2O3. The van der Waals surface area contributed by atoms with Gasteiger partial charge in [-0.1, -0.05) is 12.2 Å². The fourth-order valence-corrected chi connectivity index (χ4v) is 1.06. The van der Waals surface area contributed by atoms with Crippen LogP contribution in [-0.4, -0.2) is 23.8 Å². The summed E-state index contributed by atoms with van der Waals surface area (Å²) in [5.74, 6) is 0. The molecule has 0 fully saturated rings. The lowest BCUT2D eigenvalue weighted by atomic mass is 10.00. The van der Waals surface area contributed by atoms with Gasteiger partial charge in [0.15, 0.2) is 6.10 Å². The van der Waals surface area contributed by atoms with E-state index in [9.17, 15) is 10.1 Å². The second kappa shape index (κ2) is 3.04. The van der Waals surface area contributed by atoms with E-state index in [2.05, 4.69) is 0 Å². The highest BCUT2D eigenvalue weighted by Crippen LogP contribution is 2.18. The molecule has 0 amide bonds. The van der Waals surface area contributed by atoms with Gasteiger partial charge < -0.3 is 4.74 Å². The third-order valence-corrected chi connectivity index (χ3v) is 1.79. The van der Waals surface area contributed by atoms with Crippen LogP contribution in [0.3, 0.4) is 0 Å². The molecular weight excluding hydrogens is 160 g/mol. The van der Waals surface area contributed by atoms with Gasteiger partial charge in [0.1, 0.15) is 0 Å². The van der Waals surface area contributed by atoms with Crippen molar-refractivity contribution in [2.45, 2.75) is 11.8 Å². The first-order valence-corrected chi connectivity index (χ1v) is 3.43. The maximum Gasteiger partial charge on any atom is 0.321 e. The molecule has 1 aliphatic carbocycles. The topological polar surface area (TPSA) is 78.4 Å². The van der Waals surface area contributed by atoms with E-state index in [1.165, 1.54) is 13.2 Å². The van der Waals surface area contributed by atoms with E-state index in [0.717, 1.165) is 0 Å². The SMILES string of the molecule is COC1C=CC=CC1(N)[N+](=O)[O-]. The maximum atomic E-state index is 10.6. The molecule has 1 aliphatic rings. The summed E-state index contributed by atoms with van der Waals surface area (Å²) in [6, 6.07) is 0.